The summed E-state index contributed by atoms with van der Waals surface area (Å²) in [6.45, 7) is 8.34. The van der Waals surface area contributed by atoms with Crippen LogP contribution in [0.3, 0.4) is 0 Å². The van der Waals surface area contributed by atoms with E-state index in [0.717, 1.165) is 54.7 Å². The molecule has 1 saturated carbocycles. The van der Waals surface area contributed by atoms with Crippen molar-refractivity contribution in [2.24, 2.45) is 0 Å². The Morgan fingerprint density at radius 2 is 1.72 bits per heavy atom. The molecule has 1 aromatic heterocycles. The third kappa shape index (κ3) is 3.90. The standard InChI is InChI=1S/C26H31N3O3/c1-16(2)21-12-8-9-13-23(21)28-17(3)14-19(18(28)4)15-22-24(30)27-26(32)29(25(22)31)20-10-6-5-7-11-20/h8-9,12-16,20H,5-7,10-11H2,1-4H3,(H,27,30,32). The largest absolute Gasteiger partial charge is 0.331 e. The molecule has 0 radical (unpaired) electrons. The molecule has 0 atom stereocenters. The number of rotatable bonds is 4. The van der Waals surface area contributed by atoms with Gasteiger partial charge in [-0.25, -0.2) is 4.79 Å². The monoisotopic (exact) mass is 433 g/mol. The first kappa shape index (κ1) is 22.1. The number of carbonyl (C=O) groups is 3. The molecule has 1 aromatic carbocycles. The zero-order chi connectivity index (χ0) is 23.0. The van der Waals surface area contributed by atoms with E-state index in [1.165, 1.54) is 10.5 Å². The van der Waals surface area contributed by atoms with Crippen molar-refractivity contribution >= 4 is 23.9 Å². The molecule has 2 heterocycles. The highest BCUT2D eigenvalue weighted by atomic mass is 16.2. The maximum atomic E-state index is 13.2. The van der Waals surface area contributed by atoms with E-state index in [0.29, 0.717) is 5.92 Å². The Morgan fingerprint density at radius 3 is 2.41 bits per heavy atom. The quantitative estimate of drug-likeness (QED) is 0.544. The second-order valence-corrected chi connectivity index (χ2v) is 9.16. The van der Waals surface area contributed by atoms with Crippen LogP contribution in [0.2, 0.25) is 0 Å². The zero-order valence-corrected chi connectivity index (χ0v) is 19.3. The van der Waals surface area contributed by atoms with Crippen molar-refractivity contribution in [1.29, 1.82) is 0 Å². The molecular formula is C26H31N3O3. The Morgan fingerprint density at radius 1 is 1.03 bits per heavy atom. The van der Waals surface area contributed by atoms with Gasteiger partial charge in [-0.15, -0.1) is 0 Å². The summed E-state index contributed by atoms with van der Waals surface area (Å²) in [4.78, 5) is 39.6. The molecule has 2 aliphatic rings. The van der Waals surface area contributed by atoms with Crippen LogP contribution in [0.15, 0.2) is 35.9 Å². The molecule has 0 spiro atoms. The summed E-state index contributed by atoms with van der Waals surface area (Å²) < 4.78 is 2.16. The van der Waals surface area contributed by atoms with E-state index in [1.807, 2.05) is 32.0 Å². The van der Waals surface area contributed by atoms with Crippen molar-refractivity contribution in [1.82, 2.24) is 14.8 Å². The number of imide groups is 2. The fourth-order valence-corrected chi connectivity index (χ4v) is 4.98. The first-order valence-electron chi connectivity index (χ1n) is 11.5. The van der Waals surface area contributed by atoms with E-state index < -0.39 is 17.8 Å². The van der Waals surface area contributed by atoms with Crippen LogP contribution in [0.4, 0.5) is 4.79 Å². The lowest BCUT2D eigenvalue weighted by Crippen LogP contribution is -2.58. The van der Waals surface area contributed by atoms with Gasteiger partial charge in [0.2, 0.25) is 0 Å². The normalized spacial score (nSPS) is 19.2. The maximum absolute atomic E-state index is 13.2. The minimum absolute atomic E-state index is 0.0209. The molecule has 0 bridgehead atoms. The van der Waals surface area contributed by atoms with Crippen LogP contribution in [0, 0.1) is 13.8 Å². The zero-order valence-electron chi connectivity index (χ0n) is 19.3. The minimum Gasteiger partial charge on any atom is -0.318 e. The molecule has 2 fully saturated rings. The maximum Gasteiger partial charge on any atom is 0.331 e. The lowest BCUT2D eigenvalue weighted by molar-refractivity contribution is -0.132. The number of carbonyl (C=O) groups excluding carboxylic acids is 3. The molecule has 1 saturated heterocycles. The summed E-state index contributed by atoms with van der Waals surface area (Å²) in [6, 6.07) is 9.53. The predicted octanol–water partition coefficient (Wildman–Crippen LogP) is 5.01. The Balaban J connectivity index is 1.74. The number of para-hydroxylation sites is 1. The van der Waals surface area contributed by atoms with Gasteiger partial charge in [0.25, 0.3) is 11.8 Å². The van der Waals surface area contributed by atoms with E-state index in [2.05, 4.69) is 35.9 Å². The van der Waals surface area contributed by atoms with Crippen LogP contribution in [-0.4, -0.2) is 33.4 Å². The Labute approximate surface area is 189 Å². The molecular weight excluding hydrogens is 402 g/mol. The topological polar surface area (TPSA) is 71.4 Å². The Bertz CT molecular complexity index is 1100. The van der Waals surface area contributed by atoms with Crippen LogP contribution in [0.25, 0.3) is 11.8 Å². The summed E-state index contributed by atoms with van der Waals surface area (Å²) in [5.41, 5.74) is 5.12. The first-order chi connectivity index (χ1) is 15.3. The second-order valence-electron chi connectivity index (χ2n) is 9.16. The highest BCUT2D eigenvalue weighted by Gasteiger charge is 2.40. The summed E-state index contributed by atoms with van der Waals surface area (Å²) >= 11 is 0. The molecule has 4 amide bonds. The van der Waals surface area contributed by atoms with Crippen molar-refractivity contribution in [3.8, 4) is 5.69 Å². The van der Waals surface area contributed by atoms with Gasteiger partial charge >= 0.3 is 6.03 Å². The first-order valence-corrected chi connectivity index (χ1v) is 11.5. The highest BCUT2D eigenvalue weighted by molar-refractivity contribution is 6.31. The number of amides is 4. The number of barbiturate groups is 1. The van der Waals surface area contributed by atoms with E-state index in [-0.39, 0.29) is 11.6 Å². The van der Waals surface area contributed by atoms with Crippen molar-refractivity contribution in [3.63, 3.8) is 0 Å². The van der Waals surface area contributed by atoms with Gasteiger partial charge in [-0.1, -0.05) is 51.3 Å². The van der Waals surface area contributed by atoms with Crippen LogP contribution >= 0.6 is 0 Å². The lowest BCUT2D eigenvalue weighted by atomic mass is 9.93. The predicted molar refractivity (Wildman–Crippen MR) is 125 cm³/mol. The fourth-order valence-electron chi connectivity index (χ4n) is 4.98. The van der Waals surface area contributed by atoms with Gasteiger partial charge in [0.1, 0.15) is 5.57 Å². The molecule has 1 N–H and O–H groups in total. The number of hydrogen-bond donors (Lipinski definition) is 1. The molecule has 1 aliphatic carbocycles. The lowest BCUT2D eigenvalue weighted by Gasteiger charge is -2.35. The second kappa shape index (κ2) is 8.77. The van der Waals surface area contributed by atoms with Crippen molar-refractivity contribution in [2.45, 2.75) is 71.8 Å². The third-order valence-corrected chi connectivity index (χ3v) is 6.64. The SMILES string of the molecule is Cc1cc(C=C2C(=O)NC(=O)N(C3CCCCC3)C2=O)c(C)n1-c1ccccc1C(C)C. The van der Waals surface area contributed by atoms with Crippen molar-refractivity contribution < 1.29 is 14.4 Å². The van der Waals surface area contributed by atoms with E-state index in [4.69, 9.17) is 0 Å². The highest BCUT2D eigenvalue weighted by Crippen LogP contribution is 2.30. The average molecular weight is 434 g/mol. The van der Waals surface area contributed by atoms with Crippen LogP contribution < -0.4 is 5.32 Å². The fraction of sp³-hybridized carbons (Fsp3) is 0.423. The Kier molecular flexibility index (Phi) is 6.04. The molecule has 0 unspecified atom stereocenters. The number of aromatic nitrogens is 1. The van der Waals surface area contributed by atoms with E-state index in [9.17, 15) is 14.4 Å². The summed E-state index contributed by atoms with van der Waals surface area (Å²) in [5, 5.41) is 2.38. The van der Waals surface area contributed by atoms with Crippen LogP contribution in [-0.2, 0) is 9.59 Å². The van der Waals surface area contributed by atoms with E-state index >= 15 is 0 Å². The average Bonchev–Trinajstić information content (AvgIpc) is 3.04. The van der Waals surface area contributed by atoms with Crippen molar-refractivity contribution in [2.75, 3.05) is 0 Å². The number of nitrogens with one attached hydrogen (secondary N) is 1. The van der Waals surface area contributed by atoms with Gasteiger partial charge < -0.3 is 4.57 Å². The van der Waals surface area contributed by atoms with Crippen LogP contribution in [0.1, 0.15) is 74.4 Å². The molecule has 168 valence electrons. The van der Waals surface area contributed by atoms with E-state index in [1.54, 1.807) is 6.08 Å². The van der Waals surface area contributed by atoms with Gasteiger partial charge in [-0.05, 0) is 61.9 Å². The molecule has 1 aliphatic heterocycles. The van der Waals surface area contributed by atoms with Gasteiger partial charge in [0.15, 0.2) is 0 Å². The molecule has 6 nitrogen and oxygen atoms in total. The number of urea groups is 1. The van der Waals surface area contributed by atoms with Gasteiger partial charge in [-0.2, -0.15) is 0 Å². The van der Waals surface area contributed by atoms with Crippen molar-refractivity contribution in [3.05, 3.63) is 58.4 Å². The Hall–Kier alpha value is -3.15. The van der Waals surface area contributed by atoms with Gasteiger partial charge in [-0.3, -0.25) is 19.8 Å². The third-order valence-electron chi connectivity index (χ3n) is 6.64. The summed E-state index contributed by atoms with van der Waals surface area (Å²) in [7, 11) is 0. The number of hydrogen-bond acceptors (Lipinski definition) is 3. The summed E-state index contributed by atoms with van der Waals surface area (Å²) in [5.74, 6) is -0.757. The molecule has 32 heavy (non-hydrogen) atoms. The van der Waals surface area contributed by atoms with Gasteiger partial charge in [0.05, 0.1) is 0 Å². The number of nitrogens with zero attached hydrogens (tertiary/aromatic N) is 2. The molecule has 4 rings (SSSR count). The molecule has 6 heteroatoms. The van der Waals surface area contributed by atoms with Crippen LogP contribution in [0.5, 0.6) is 0 Å². The summed E-state index contributed by atoms with van der Waals surface area (Å²) in [6.07, 6.45) is 6.32. The molecule has 2 aromatic rings. The minimum atomic E-state index is -0.626. The number of benzene rings is 1. The number of aryl methyl sites for hydroxylation is 1. The smallest absolute Gasteiger partial charge is 0.318 e. The van der Waals surface area contributed by atoms with Gasteiger partial charge in [0, 0.05) is 23.1 Å².